The van der Waals surface area contributed by atoms with Crippen molar-refractivity contribution < 1.29 is 9.53 Å². The number of likely N-dealkylation sites (tertiary alicyclic amines) is 1. The van der Waals surface area contributed by atoms with Crippen LogP contribution in [0.25, 0.3) is 11.3 Å². The number of ether oxygens (including phenoxy) is 1. The average Bonchev–Trinajstić information content (AvgIpc) is 3.43. The van der Waals surface area contributed by atoms with Gasteiger partial charge in [0.15, 0.2) is 0 Å². The van der Waals surface area contributed by atoms with Gasteiger partial charge in [-0.15, -0.1) is 5.10 Å². The lowest BCUT2D eigenvalue weighted by atomic mass is 10.1. The molecule has 0 aliphatic carbocycles. The highest BCUT2D eigenvalue weighted by molar-refractivity contribution is 5.94. The Bertz CT molecular complexity index is 1130. The minimum absolute atomic E-state index is 0.0614. The van der Waals surface area contributed by atoms with E-state index in [1.807, 2.05) is 66.9 Å². The Balaban J connectivity index is 1.16. The maximum Gasteiger partial charge on any atom is 0.272 e. The van der Waals surface area contributed by atoms with E-state index in [-0.39, 0.29) is 11.9 Å². The molecule has 1 aliphatic rings. The van der Waals surface area contributed by atoms with E-state index in [0.29, 0.717) is 25.4 Å². The maximum absolute atomic E-state index is 12.7. The van der Waals surface area contributed by atoms with Crippen molar-refractivity contribution in [1.82, 2.24) is 30.1 Å². The first kappa shape index (κ1) is 18.1. The molecule has 0 saturated carbocycles. The van der Waals surface area contributed by atoms with E-state index in [9.17, 15) is 4.79 Å². The molecule has 8 nitrogen and oxygen atoms in total. The minimum Gasteiger partial charge on any atom is -0.487 e. The fourth-order valence-corrected chi connectivity index (χ4v) is 3.38. The molecule has 3 heterocycles. The number of H-pyrrole nitrogens is 1. The van der Waals surface area contributed by atoms with Gasteiger partial charge < -0.3 is 9.64 Å². The number of hydrogen-bond acceptors (Lipinski definition) is 5. The monoisotopic (exact) mass is 400 g/mol. The summed E-state index contributed by atoms with van der Waals surface area (Å²) in [4.78, 5) is 14.5. The molecule has 150 valence electrons. The molecule has 2 aromatic heterocycles. The molecule has 0 spiro atoms. The number of para-hydroxylation sites is 1. The van der Waals surface area contributed by atoms with Crippen molar-refractivity contribution in [2.24, 2.45) is 0 Å². The van der Waals surface area contributed by atoms with Crippen LogP contribution in [-0.4, -0.2) is 49.1 Å². The number of carbonyl (C=O) groups excluding carboxylic acids is 1. The predicted octanol–water partition coefficient (Wildman–Crippen LogP) is 2.94. The number of rotatable bonds is 6. The zero-order valence-corrected chi connectivity index (χ0v) is 16.2. The number of aromatic amines is 1. The Labute approximate surface area is 173 Å². The molecular weight excluding hydrogens is 380 g/mol. The standard InChI is InChI=1S/C22H20N6O2/c29-22(21-11-20(24-25-21)16-7-3-1-4-8-16)27-13-18(14-27)28-12-17(23-26-28)15-30-19-9-5-2-6-10-19/h1-12,18H,13-15H2,(H,24,25). The molecule has 4 aromatic rings. The van der Waals surface area contributed by atoms with E-state index in [1.165, 1.54) is 0 Å². The summed E-state index contributed by atoms with van der Waals surface area (Å²) in [6, 6.07) is 21.3. The fourth-order valence-electron chi connectivity index (χ4n) is 3.38. The molecule has 5 rings (SSSR count). The van der Waals surface area contributed by atoms with Gasteiger partial charge >= 0.3 is 0 Å². The number of aromatic nitrogens is 5. The average molecular weight is 400 g/mol. The zero-order chi connectivity index (χ0) is 20.3. The summed E-state index contributed by atoms with van der Waals surface area (Å²) in [6.45, 7) is 1.53. The third kappa shape index (κ3) is 3.67. The van der Waals surface area contributed by atoms with Gasteiger partial charge in [0.25, 0.3) is 5.91 Å². The molecule has 0 atom stereocenters. The van der Waals surface area contributed by atoms with Crippen LogP contribution in [-0.2, 0) is 6.61 Å². The lowest BCUT2D eigenvalue weighted by molar-refractivity contribution is 0.0492. The topological polar surface area (TPSA) is 88.9 Å². The van der Waals surface area contributed by atoms with Gasteiger partial charge in [-0.2, -0.15) is 5.10 Å². The maximum atomic E-state index is 12.7. The molecule has 1 amide bonds. The molecule has 0 bridgehead atoms. The summed E-state index contributed by atoms with van der Waals surface area (Å²) in [7, 11) is 0. The van der Waals surface area contributed by atoms with Crippen LogP contribution in [0, 0.1) is 0 Å². The van der Waals surface area contributed by atoms with Crippen LogP contribution in [0.1, 0.15) is 22.2 Å². The molecule has 0 unspecified atom stereocenters. The normalized spacial score (nSPS) is 13.8. The largest absolute Gasteiger partial charge is 0.487 e. The van der Waals surface area contributed by atoms with Crippen molar-refractivity contribution in [2.75, 3.05) is 13.1 Å². The van der Waals surface area contributed by atoms with Gasteiger partial charge in [0, 0.05) is 18.7 Å². The second kappa shape index (κ2) is 7.82. The van der Waals surface area contributed by atoms with Crippen LogP contribution in [0.5, 0.6) is 5.75 Å². The first-order chi connectivity index (χ1) is 14.8. The van der Waals surface area contributed by atoms with E-state index in [1.54, 1.807) is 15.6 Å². The fraction of sp³-hybridized carbons (Fsp3) is 0.182. The van der Waals surface area contributed by atoms with Gasteiger partial charge in [-0.05, 0) is 18.2 Å². The quantitative estimate of drug-likeness (QED) is 0.538. The zero-order valence-electron chi connectivity index (χ0n) is 16.2. The van der Waals surface area contributed by atoms with Crippen molar-refractivity contribution in [3.63, 3.8) is 0 Å². The third-order valence-electron chi connectivity index (χ3n) is 5.09. The smallest absolute Gasteiger partial charge is 0.272 e. The summed E-state index contributed by atoms with van der Waals surface area (Å²) >= 11 is 0. The molecule has 1 aliphatic heterocycles. The highest BCUT2D eigenvalue weighted by Crippen LogP contribution is 2.24. The first-order valence-corrected chi connectivity index (χ1v) is 9.75. The molecule has 8 heteroatoms. The summed E-state index contributed by atoms with van der Waals surface area (Å²) in [6.07, 6.45) is 1.87. The Morgan fingerprint density at radius 2 is 1.80 bits per heavy atom. The van der Waals surface area contributed by atoms with Crippen molar-refractivity contribution >= 4 is 5.91 Å². The number of nitrogens with zero attached hydrogens (tertiary/aromatic N) is 5. The Morgan fingerprint density at radius 1 is 1.07 bits per heavy atom. The molecular formula is C22H20N6O2. The van der Waals surface area contributed by atoms with Crippen molar-refractivity contribution in [2.45, 2.75) is 12.6 Å². The highest BCUT2D eigenvalue weighted by atomic mass is 16.5. The number of benzene rings is 2. The summed E-state index contributed by atoms with van der Waals surface area (Å²) < 4.78 is 7.50. The Kier molecular flexibility index (Phi) is 4.72. The summed E-state index contributed by atoms with van der Waals surface area (Å²) in [5, 5.41) is 15.5. The molecule has 30 heavy (non-hydrogen) atoms. The van der Waals surface area contributed by atoms with Gasteiger partial charge in [-0.25, -0.2) is 4.68 Å². The second-order valence-electron chi connectivity index (χ2n) is 7.19. The van der Waals surface area contributed by atoms with Crippen LogP contribution in [0.4, 0.5) is 0 Å². The van der Waals surface area contributed by atoms with Crippen molar-refractivity contribution in [3.05, 3.63) is 84.3 Å². The summed E-state index contributed by atoms with van der Waals surface area (Å²) in [5.41, 5.74) is 2.98. The number of carbonyl (C=O) groups is 1. The van der Waals surface area contributed by atoms with Gasteiger partial charge in [0.05, 0.1) is 17.9 Å². The third-order valence-corrected chi connectivity index (χ3v) is 5.09. The number of nitrogens with one attached hydrogen (secondary N) is 1. The van der Waals surface area contributed by atoms with Crippen molar-refractivity contribution in [3.8, 4) is 17.0 Å². The summed E-state index contributed by atoms with van der Waals surface area (Å²) in [5.74, 6) is 0.732. The highest BCUT2D eigenvalue weighted by Gasteiger charge is 2.34. The van der Waals surface area contributed by atoms with Gasteiger partial charge in [0.2, 0.25) is 0 Å². The van der Waals surface area contributed by atoms with Crippen LogP contribution >= 0.6 is 0 Å². The Hall–Kier alpha value is -3.94. The lowest BCUT2D eigenvalue weighted by Gasteiger charge is -2.38. The van der Waals surface area contributed by atoms with Crippen LogP contribution in [0.3, 0.4) is 0 Å². The Morgan fingerprint density at radius 3 is 2.57 bits per heavy atom. The lowest BCUT2D eigenvalue weighted by Crippen LogP contribution is -2.51. The van der Waals surface area contributed by atoms with E-state index < -0.39 is 0 Å². The first-order valence-electron chi connectivity index (χ1n) is 9.75. The number of hydrogen-bond donors (Lipinski definition) is 1. The molecule has 1 fully saturated rings. The minimum atomic E-state index is -0.0614. The van der Waals surface area contributed by atoms with E-state index in [4.69, 9.17) is 4.74 Å². The SMILES string of the molecule is O=C(c1cc(-c2ccccc2)n[nH]1)N1CC(n2cc(COc3ccccc3)nn2)C1. The predicted molar refractivity (Wildman–Crippen MR) is 110 cm³/mol. The molecule has 2 aromatic carbocycles. The van der Waals surface area contributed by atoms with E-state index >= 15 is 0 Å². The van der Waals surface area contributed by atoms with Crippen LogP contribution < -0.4 is 4.74 Å². The van der Waals surface area contributed by atoms with Crippen LogP contribution in [0.2, 0.25) is 0 Å². The molecule has 1 saturated heterocycles. The molecule has 1 N–H and O–H groups in total. The van der Waals surface area contributed by atoms with Gasteiger partial charge in [0.1, 0.15) is 23.7 Å². The van der Waals surface area contributed by atoms with Crippen molar-refractivity contribution in [1.29, 1.82) is 0 Å². The molecule has 0 radical (unpaired) electrons. The van der Waals surface area contributed by atoms with E-state index in [0.717, 1.165) is 22.7 Å². The number of amides is 1. The van der Waals surface area contributed by atoms with Crippen LogP contribution in [0.15, 0.2) is 72.9 Å². The van der Waals surface area contributed by atoms with E-state index in [2.05, 4.69) is 20.5 Å². The van der Waals surface area contributed by atoms with Gasteiger partial charge in [-0.1, -0.05) is 53.7 Å². The van der Waals surface area contributed by atoms with Gasteiger partial charge in [-0.3, -0.25) is 9.89 Å². The second-order valence-corrected chi connectivity index (χ2v) is 7.19.